The van der Waals surface area contributed by atoms with Gasteiger partial charge in [0.25, 0.3) is 0 Å². The lowest BCUT2D eigenvalue weighted by molar-refractivity contribution is -0.112. The zero-order chi connectivity index (χ0) is 8.27. The van der Waals surface area contributed by atoms with Gasteiger partial charge in [-0.05, 0) is 38.2 Å². The maximum absolute atomic E-state index is 10.7. The predicted molar refractivity (Wildman–Crippen MR) is 46.4 cm³/mol. The molecule has 1 atom stereocenters. The van der Waals surface area contributed by atoms with E-state index >= 15 is 0 Å². The molecule has 1 nitrogen and oxygen atoms in total. The van der Waals surface area contributed by atoms with Crippen LogP contribution in [0.4, 0.5) is 0 Å². The smallest absolute Gasteiger partial charge is 0.152 e. The molecule has 11 heavy (non-hydrogen) atoms. The van der Waals surface area contributed by atoms with E-state index in [9.17, 15) is 4.79 Å². The highest BCUT2D eigenvalue weighted by Gasteiger charge is 2.17. The normalized spacial score (nSPS) is 27.8. The molecule has 1 rings (SSSR count). The highest BCUT2D eigenvalue weighted by atomic mass is 16.1. The fourth-order valence-electron chi connectivity index (χ4n) is 1.73. The quantitative estimate of drug-likeness (QED) is 0.556. The first-order valence-electron chi connectivity index (χ1n) is 4.42. The van der Waals surface area contributed by atoms with Gasteiger partial charge < -0.3 is 0 Å². The van der Waals surface area contributed by atoms with Gasteiger partial charge in [0.15, 0.2) is 5.78 Å². The molecule has 0 saturated heterocycles. The topological polar surface area (TPSA) is 17.1 Å². The summed E-state index contributed by atoms with van der Waals surface area (Å²) in [6.07, 6.45) is 6.68. The maximum atomic E-state index is 10.7. The molecule has 0 radical (unpaired) electrons. The summed E-state index contributed by atoms with van der Waals surface area (Å²) in [7, 11) is 0. The third kappa shape index (κ3) is 2.49. The van der Waals surface area contributed by atoms with Gasteiger partial charge in [0.05, 0.1) is 0 Å². The van der Waals surface area contributed by atoms with Gasteiger partial charge in [-0.3, -0.25) is 4.79 Å². The average molecular weight is 152 g/mol. The van der Waals surface area contributed by atoms with Crippen molar-refractivity contribution in [1.82, 2.24) is 0 Å². The number of hydrogen-bond donors (Lipinski definition) is 0. The van der Waals surface area contributed by atoms with Gasteiger partial charge in [0.2, 0.25) is 0 Å². The lowest BCUT2D eigenvalue weighted by atomic mass is 10.1. The largest absolute Gasteiger partial charge is 0.295 e. The minimum atomic E-state index is 0.205. The van der Waals surface area contributed by atoms with Crippen LogP contribution in [0.2, 0.25) is 0 Å². The van der Waals surface area contributed by atoms with Crippen molar-refractivity contribution in [3.05, 3.63) is 11.6 Å². The molecule has 1 saturated carbocycles. The number of allylic oxidation sites excluding steroid dienone is 2. The third-order valence-corrected chi connectivity index (χ3v) is 2.41. The maximum Gasteiger partial charge on any atom is 0.152 e. The van der Waals surface area contributed by atoms with Gasteiger partial charge >= 0.3 is 0 Å². The van der Waals surface area contributed by atoms with Crippen LogP contribution < -0.4 is 0 Å². The van der Waals surface area contributed by atoms with Crippen molar-refractivity contribution < 1.29 is 4.79 Å². The lowest BCUT2D eigenvalue weighted by Crippen LogP contribution is -1.89. The Hall–Kier alpha value is -0.590. The molecule has 1 aliphatic carbocycles. The highest BCUT2D eigenvalue weighted by Crippen LogP contribution is 2.31. The van der Waals surface area contributed by atoms with Gasteiger partial charge in [0.1, 0.15) is 0 Å². The van der Waals surface area contributed by atoms with Crippen LogP contribution in [0, 0.1) is 5.92 Å². The van der Waals surface area contributed by atoms with Crippen LogP contribution >= 0.6 is 0 Å². The third-order valence-electron chi connectivity index (χ3n) is 2.41. The second-order valence-corrected chi connectivity index (χ2v) is 3.43. The molecule has 0 aromatic heterocycles. The van der Waals surface area contributed by atoms with E-state index < -0.39 is 0 Å². The Labute approximate surface area is 68.5 Å². The first-order valence-corrected chi connectivity index (χ1v) is 4.42. The van der Waals surface area contributed by atoms with Crippen LogP contribution in [-0.2, 0) is 4.79 Å². The Morgan fingerprint density at radius 3 is 2.91 bits per heavy atom. The second-order valence-electron chi connectivity index (χ2n) is 3.43. The van der Waals surface area contributed by atoms with Crippen molar-refractivity contribution in [2.45, 2.75) is 39.5 Å². The van der Waals surface area contributed by atoms with E-state index in [-0.39, 0.29) is 5.78 Å². The number of carbonyl (C=O) groups is 1. The van der Waals surface area contributed by atoms with E-state index in [0.29, 0.717) is 0 Å². The Balaban J connectivity index is 2.47. The molecule has 0 aromatic carbocycles. The fraction of sp³-hybridized carbons (Fsp3) is 0.700. The number of hydrogen-bond acceptors (Lipinski definition) is 1. The van der Waals surface area contributed by atoms with Crippen LogP contribution in [0.15, 0.2) is 11.6 Å². The van der Waals surface area contributed by atoms with E-state index in [4.69, 9.17) is 0 Å². The first kappa shape index (κ1) is 8.51. The molecule has 1 aliphatic rings. The van der Waals surface area contributed by atoms with Gasteiger partial charge in [-0.2, -0.15) is 0 Å². The molecule has 0 aliphatic heterocycles. The standard InChI is InChI=1S/C10H16O/c1-3-9-4-5-10(7-9)6-8(2)11/h6,9H,3-5,7H2,1-2H3/b10-6+. The Morgan fingerprint density at radius 2 is 2.45 bits per heavy atom. The van der Waals surface area contributed by atoms with Crippen molar-refractivity contribution in [1.29, 1.82) is 0 Å². The minimum Gasteiger partial charge on any atom is -0.295 e. The molecule has 62 valence electrons. The zero-order valence-corrected chi connectivity index (χ0v) is 7.39. The molecule has 1 unspecified atom stereocenters. The Morgan fingerprint density at radius 1 is 1.73 bits per heavy atom. The monoisotopic (exact) mass is 152 g/mol. The number of carbonyl (C=O) groups excluding carboxylic acids is 1. The van der Waals surface area contributed by atoms with E-state index in [1.54, 1.807) is 6.92 Å². The second kappa shape index (κ2) is 3.70. The van der Waals surface area contributed by atoms with Crippen molar-refractivity contribution in [2.24, 2.45) is 5.92 Å². The fourth-order valence-corrected chi connectivity index (χ4v) is 1.73. The van der Waals surface area contributed by atoms with Crippen molar-refractivity contribution >= 4 is 5.78 Å². The molecule has 0 bridgehead atoms. The molecule has 0 amide bonds. The summed E-state index contributed by atoms with van der Waals surface area (Å²) in [6, 6.07) is 0. The predicted octanol–water partition coefficient (Wildman–Crippen LogP) is 2.71. The summed E-state index contributed by atoms with van der Waals surface area (Å²) in [6.45, 7) is 3.85. The summed E-state index contributed by atoms with van der Waals surface area (Å²) in [5.74, 6) is 1.05. The minimum absolute atomic E-state index is 0.205. The van der Waals surface area contributed by atoms with Crippen LogP contribution in [0.5, 0.6) is 0 Å². The molecule has 1 fully saturated rings. The molecular formula is C10H16O. The van der Waals surface area contributed by atoms with Crippen LogP contribution in [-0.4, -0.2) is 5.78 Å². The Kier molecular flexibility index (Phi) is 2.86. The number of rotatable bonds is 2. The molecular weight excluding hydrogens is 136 g/mol. The van der Waals surface area contributed by atoms with Crippen LogP contribution in [0.25, 0.3) is 0 Å². The molecule has 0 spiro atoms. The summed E-state index contributed by atoms with van der Waals surface area (Å²) in [4.78, 5) is 10.7. The van der Waals surface area contributed by atoms with E-state index in [2.05, 4.69) is 6.92 Å². The number of ketones is 1. The summed E-state index contributed by atoms with van der Waals surface area (Å²) < 4.78 is 0. The first-order chi connectivity index (χ1) is 5.22. The summed E-state index contributed by atoms with van der Waals surface area (Å²) in [5.41, 5.74) is 1.37. The molecule has 0 N–H and O–H groups in total. The van der Waals surface area contributed by atoms with Crippen molar-refractivity contribution in [3.8, 4) is 0 Å². The molecule has 0 aromatic rings. The Bertz CT molecular complexity index is 179. The molecule has 0 heterocycles. The van der Waals surface area contributed by atoms with Gasteiger partial charge in [-0.15, -0.1) is 0 Å². The van der Waals surface area contributed by atoms with Gasteiger partial charge in [-0.25, -0.2) is 0 Å². The van der Waals surface area contributed by atoms with E-state index in [0.717, 1.165) is 18.8 Å². The molecule has 1 heteroatoms. The van der Waals surface area contributed by atoms with E-state index in [1.807, 2.05) is 6.08 Å². The van der Waals surface area contributed by atoms with E-state index in [1.165, 1.54) is 18.4 Å². The van der Waals surface area contributed by atoms with Crippen molar-refractivity contribution in [2.75, 3.05) is 0 Å². The SMILES string of the molecule is CCC1CC/C(=C\C(C)=O)C1. The lowest BCUT2D eigenvalue weighted by Gasteiger charge is -2.00. The van der Waals surface area contributed by atoms with Crippen molar-refractivity contribution in [3.63, 3.8) is 0 Å². The zero-order valence-electron chi connectivity index (χ0n) is 7.39. The summed E-state index contributed by atoms with van der Waals surface area (Å²) >= 11 is 0. The summed E-state index contributed by atoms with van der Waals surface area (Å²) in [5, 5.41) is 0. The highest BCUT2D eigenvalue weighted by molar-refractivity contribution is 5.88. The van der Waals surface area contributed by atoms with Crippen LogP contribution in [0.1, 0.15) is 39.5 Å². The average Bonchev–Trinajstić information content (AvgIpc) is 2.34. The van der Waals surface area contributed by atoms with Gasteiger partial charge in [-0.1, -0.05) is 18.9 Å². The van der Waals surface area contributed by atoms with Crippen LogP contribution in [0.3, 0.4) is 0 Å². The van der Waals surface area contributed by atoms with Gasteiger partial charge in [0, 0.05) is 0 Å².